The lowest BCUT2D eigenvalue weighted by atomic mass is 9.87. The molecule has 18 heavy (non-hydrogen) atoms. The maximum absolute atomic E-state index is 11.7. The van der Waals surface area contributed by atoms with E-state index in [2.05, 4.69) is 16.0 Å². The highest BCUT2D eigenvalue weighted by molar-refractivity contribution is 6.07. The molecule has 1 N–H and O–H groups in total. The van der Waals surface area contributed by atoms with E-state index in [0.29, 0.717) is 12.2 Å². The standard InChI is InChI=1S/C15H16N2O/c1-10-13(3-2-4-15(10)18)17-12-6-5-11-7-8-16-14(11)9-12/h5-10,16H,2-4H2,1H3. The van der Waals surface area contributed by atoms with Gasteiger partial charge in [-0.2, -0.15) is 0 Å². The lowest BCUT2D eigenvalue weighted by molar-refractivity contribution is -0.121. The Hall–Kier alpha value is -1.90. The summed E-state index contributed by atoms with van der Waals surface area (Å²) in [6.07, 6.45) is 4.51. The molecule has 2 aromatic rings. The van der Waals surface area contributed by atoms with Gasteiger partial charge in [0.25, 0.3) is 0 Å². The van der Waals surface area contributed by atoms with Gasteiger partial charge in [0.05, 0.1) is 11.6 Å². The highest BCUT2D eigenvalue weighted by atomic mass is 16.1. The Morgan fingerprint density at radius 1 is 1.28 bits per heavy atom. The van der Waals surface area contributed by atoms with Crippen molar-refractivity contribution in [2.75, 3.05) is 0 Å². The van der Waals surface area contributed by atoms with Crippen molar-refractivity contribution in [1.82, 2.24) is 4.98 Å². The first-order valence-corrected chi connectivity index (χ1v) is 6.41. The van der Waals surface area contributed by atoms with Crippen LogP contribution in [0.15, 0.2) is 35.5 Å². The second-order valence-electron chi connectivity index (χ2n) is 4.89. The molecule has 1 aliphatic rings. The molecule has 1 unspecified atom stereocenters. The fraction of sp³-hybridized carbons (Fsp3) is 0.333. The molecule has 0 spiro atoms. The van der Waals surface area contributed by atoms with Crippen molar-refractivity contribution in [3.63, 3.8) is 0 Å². The van der Waals surface area contributed by atoms with Crippen LogP contribution in [0.25, 0.3) is 10.9 Å². The van der Waals surface area contributed by atoms with Crippen LogP contribution in [-0.4, -0.2) is 16.5 Å². The lowest BCUT2D eigenvalue weighted by Gasteiger charge is -2.19. The molecule has 1 aliphatic carbocycles. The Kier molecular flexibility index (Phi) is 2.74. The minimum atomic E-state index is -0.0157. The van der Waals surface area contributed by atoms with Gasteiger partial charge in [0.2, 0.25) is 0 Å². The normalized spacial score (nSPS) is 22.8. The quantitative estimate of drug-likeness (QED) is 0.812. The van der Waals surface area contributed by atoms with Crippen molar-refractivity contribution < 1.29 is 4.79 Å². The number of nitrogens with one attached hydrogen (secondary N) is 1. The van der Waals surface area contributed by atoms with E-state index in [9.17, 15) is 4.79 Å². The molecule has 3 heteroatoms. The third-order valence-electron chi connectivity index (χ3n) is 3.65. The van der Waals surface area contributed by atoms with Crippen molar-refractivity contribution in [1.29, 1.82) is 0 Å². The van der Waals surface area contributed by atoms with E-state index in [0.717, 1.165) is 29.8 Å². The summed E-state index contributed by atoms with van der Waals surface area (Å²) in [6.45, 7) is 1.97. The zero-order valence-corrected chi connectivity index (χ0v) is 10.4. The van der Waals surface area contributed by atoms with E-state index in [4.69, 9.17) is 0 Å². The van der Waals surface area contributed by atoms with E-state index in [1.165, 1.54) is 5.39 Å². The number of hydrogen-bond donors (Lipinski definition) is 1. The van der Waals surface area contributed by atoms with Gasteiger partial charge in [-0.05, 0) is 36.4 Å². The number of aliphatic imine (C=N–C) groups is 1. The molecule has 0 amide bonds. The Labute approximate surface area is 106 Å². The topological polar surface area (TPSA) is 45.2 Å². The first-order valence-electron chi connectivity index (χ1n) is 6.41. The van der Waals surface area contributed by atoms with Crippen LogP contribution >= 0.6 is 0 Å². The molecule has 0 aliphatic heterocycles. The number of carbonyl (C=O) groups is 1. The summed E-state index contributed by atoms with van der Waals surface area (Å²) in [7, 11) is 0. The lowest BCUT2D eigenvalue weighted by Crippen LogP contribution is -2.25. The second kappa shape index (κ2) is 4.41. The number of rotatable bonds is 1. The third-order valence-corrected chi connectivity index (χ3v) is 3.65. The van der Waals surface area contributed by atoms with Crippen LogP contribution < -0.4 is 0 Å². The van der Waals surface area contributed by atoms with Crippen molar-refractivity contribution >= 4 is 28.1 Å². The van der Waals surface area contributed by atoms with Crippen LogP contribution in [0.2, 0.25) is 0 Å². The van der Waals surface area contributed by atoms with Crippen molar-refractivity contribution in [2.45, 2.75) is 26.2 Å². The number of aromatic amines is 1. The SMILES string of the molecule is CC1C(=O)CCCC1=Nc1ccc2cc[nH]c2c1. The van der Waals surface area contributed by atoms with Gasteiger partial charge >= 0.3 is 0 Å². The van der Waals surface area contributed by atoms with Crippen LogP contribution in [0.4, 0.5) is 5.69 Å². The Morgan fingerprint density at radius 3 is 3.06 bits per heavy atom. The highest BCUT2D eigenvalue weighted by Crippen LogP contribution is 2.24. The fourth-order valence-corrected chi connectivity index (χ4v) is 2.49. The minimum absolute atomic E-state index is 0.0157. The smallest absolute Gasteiger partial charge is 0.141 e. The average Bonchev–Trinajstić information content (AvgIpc) is 2.82. The fourth-order valence-electron chi connectivity index (χ4n) is 2.49. The Morgan fingerprint density at radius 2 is 2.17 bits per heavy atom. The molecule has 3 rings (SSSR count). The third kappa shape index (κ3) is 1.96. The van der Waals surface area contributed by atoms with Crippen LogP contribution in [0.5, 0.6) is 0 Å². The summed E-state index contributed by atoms with van der Waals surface area (Å²) in [5.41, 5.74) is 3.05. The first-order chi connectivity index (χ1) is 8.74. The number of hydrogen-bond acceptors (Lipinski definition) is 2. The first kappa shape index (κ1) is 11.2. The summed E-state index contributed by atoms with van der Waals surface area (Å²) in [5.74, 6) is 0.305. The Bertz CT molecular complexity index is 624. The predicted octanol–water partition coefficient (Wildman–Crippen LogP) is 3.63. The van der Waals surface area contributed by atoms with Crippen LogP contribution in [0.1, 0.15) is 26.2 Å². The van der Waals surface area contributed by atoms with Gasteiger partial charge < -0.3 is 4.98 Å². The molecule has 0 saturated heterocycles. The highest BCUT2D eigenvalue weighted by Gasteiger charge is 2.23. The molecule has 1 saturated carbocycles. The van der Waals surface area contributed by atoms with Gasteiger partial charge in [0, 0.05) is 23.8 Å². The number of ketones is 1. The zero-order chi connectivity index (χ0) is 12.5. The monoisotopic (exact) mass is 240 g/mol. The van der Waals surface area contributed by atoms with E-state index < -0.39 is 0 Å². The molecular formula is C15H16N2O. The molecule has 1 fully saturated rings. The van der Waals surface area contributed by atoms with Gasteiger partial charge in [-0.15, -0.1) is 0 Å². The minimum Gasteiger partial charge on any atom is -0.361 e. The maximum atomic E-state index is 11.7. The van der Waals surface area contributed by atoms with Crippen LogP contribution in [0.3, 0.4) is 0 Å². The molecule has 1 heterocycles. The van der Waals surface area contributed by atoms with Gasteiger partial charge in [0.15, 0.2) is 0 Å². The average molecular weight is 240 g/mol. The van der Waals surface area contributed by atoms with Crippen molar-refractivity contribution in [2.24, 2.45) is 10.9 Å². The second-order valence-corrected chi connectivity index (χ2v) is 4.89. The molecule has 92 valence electrons. The van der Waals surface area contributed by atoms with Crippen LogP contribution in [-0.2, 0) is 4.79 Å². The largest absolute Gasteiger partial charge is 0.361 e. The molecule has 0 bridgehead atoms. The number of nitrogens with zero attached hydrogens (tertiary/aromatic N) is 1. The van der Waals surface area contributed by atoms with E-state index in [-0.39, 0.29) is 5.92 Å². The summed E-state index contributed by atoms with van der Waals surface area (Å²) < 4.78 is 0. The maximum Gasteiger partial charge on any atom is 0.141 e. The summed E-state index contributed by atoms with van der Waals surface area (Å²) in [5, 5.41) is 1.19. The summed E-state index contributed by atoms with van der Waals surface area (Å²) in [6, 6.07) is 8.14. The number of aromatic nitrogens is 1. The molecule has 1 aromatic carbocycles. The van der Waals surface area contributed by atoms with Crippen LogP contribution in [0, 0.1) is 5.92 Å². The number of Topliss-reactive ketones (excluding diaryl/α,β-unsaturated/α-hetero) is 1. The predicted molar refractivity (Wildman–Crippen MR) is 73.4 cm³/mol. The molecule has 1 aromatic heterocycles. The number of benzene rings is 1. The van der Waals surface area contributed by atoms with Crippen molar-refractivity contribution in [3.05, 3.63) is 30.5 Å². The molecule has 1 atom stereocenters. The number of H-pyrrole nitrogens is 1. The number of carbonyl (C=O) groups excluding carboxylic acids is 1. The molecule has 0 radical (unpaired) electrons. The van der Waals surface area contributed by atoms with Gasteiger partial charge in [-0.1, -0.05) is 13.0 Å². The summed E-state index contributed by atoms with van der Waals surface area (Å²) in [4.78, 5) is 19.5. The van der Waals surface area contributed by atoms with Gasteiger partial charge in [-0.3, -0.25) is 9.79 Å². The van der Waals surface area contributed by atoms with E-state index in [1.54, 1.807) is 0 Å². The summed E-state index contributed by atoms with van der Waals surface area (Å²) >= 11 is 0. The number of fused-ring (bicyclic) bond motifs is 1. The van der Waals surface area contributed by atoms with Gasteiger partial charge in [0.1, 0.15) is 5.78 Å². The van der Waals surface area contributed by atoms with E-state index in [1.807, 2.05) is 31.3 Å². The zero-order valence-electron chi connectivity index (χ0n) is 10.4. The Balaban J connectivity index is 1.96. The van der Waals surface area contributed by atoms with Gasteiger partial charge in [-0.25, -0.2) is 0 Å². The molecule has 3 nitrogen and oxygen atoms in total. The van der Waals surface area contributed by atoms with Crippen molar-refractivity contribution in [3.8, 4) is 0 Å². The molecular weight excluding hydrogens is 224 g/mol. The van der Waals surface area contributed by atoms with E-state index >= 15 is 0 Å².